The van der Waals surface area contributed by atoms with Crippen LogP contribution >= 0.6 is 23.8 Å². The molecule has 1 atom stereocenters. The molecule has 0 heterocycles. The SMILES string of the molecule is O=S(=O)(O)C([C]=S)c1ccc(Cl)cc1. The van der Waals surface area contributed by atoms with Crippen molar-refractivity contribution in [3.63, 3.8) is 0 Å². The van der Waals surface area contributed by atoms with Gasteiger partial charge in [-0.25, -0.2) is 0 Å². The molecule has 6 heteroatoms. The molecule has 0 spiro atoms. The predicted molar refractivity (Wildman–Crippen MR) is 58.3 cm³/mol. The minimum atomic E-state index is -4.24. The second-order valence-electron chi connectivity index (χ2n) is 2.56. The van der Waals surface area contributed by atoms with Gasteiger partial charge in [0.15, 0.2) is 0 Å². The monoisotopic (exact) mass is 249 g/mol. The first-order chi connectivity index (χ1) is 6.45. The van der Waals surface area contributed by atoms with Crippen molar-refractivity contribution in [1.29, 1.82) is 0 Å². The van der Waals surface area contributed by atoms with E-state index in [-0.39, 0.29) is 0 Å². The van der Waals surface area contributed by atoms with Gasteiger partial charge in [-0.15, -0.1) is 0 Å². The van der Waals surface area contributed by atoms with E-state index in [0.717, 1.165) is 0 Å². The lowest BCUT2D eigenvalue weighted by atomic mass is 10.2. The van der Waals surface area contributed by atoms with Gasteiger partial charge in [-0.2, -0.15) is 8.42 Å². The largest absolute Gasteiger partial charge is 0.285 e. The molecule has 75 valence electrons. The zero-order valence-corrected chi connectivity index (χ0v) is 9.23. The molecule has 0 fully saturated rings. The standard InChI is InChI=1S/C8H6ClO3S2/c9-7-3-1-6(2-4-7)8(5-13)14(10,11)12/h1-4,8H,(H,10,11,12). The average Bonchev–Trinajstić information content (AvgIpc) is 2.07. The fourth-order valence-corrected chi connectivity index (χ4v) is 2.19. The molecular weight excluding hydrogens is 244 g/mol. The zero-order chi connectivity index (χ0) is 10.8. The van der Waals surface area contributed by atoms with Crippen LogP contribution in [0.3, 0.4) is 0 Å². The second-order valence-corrected chi connectivity index (χ2v) is 4.74. The van der Waals surface area contributed by atoms with E-state index in [0.29, 0.717) is 10.6 Å². The van der Waals surface area contributed by atoms with E-state index in [1.54, 1.807) is 0 Å². The lowest BCUT2D eigenvalue weighted by Gasteiger charge is -2.07. The van der Waals surface area contributed by atoms with Gasteiger partial charge in [-0.05, 0) is 17.7 Å². The summed E-state index contributed by atoms with van der Waals surface area (Å²) in [6, 6.07) is 5.98. The molecule has 1 aromatic rings. The Morgan fingerprint density at radius 1 is 1.36 bits per heavy atom. The minimum Gasteiger partial charge on any atom is -0.285 e. The van der Waals surface area contributed by atoms with Crippen LogP contribution in [0.5, 0.6) is 0 Å². The third kappa shape index (κ3) is 2.75. The number of rotatable bonds is 3. The molecule has 0 aliphatic carbocycles. The van der Waals surface area contributed by atoms with Crippen LogP contribution in [0.15, 0.2) is 24.3 Å². The fourth-order valence-electron chi connectivity index (χ4n) is 0.938. The summed E-state index contributed by atoms with van der Waals surface area (Å²) in [6.07, 6.45) is 0. The van der Waals surface area contributed by atoms with Crippen LogP contribution in [-0.2, 0) is 10.1 Å². The van der Waals surface area contributed by atoms with Crippen LogP contribution in [0.4, 0.5) is 0 Å². The highest BCUT2D eigenvalue weighted by Gasteiger charge is 2.22. The van der Waals surface area contributed by atoms with Crippen molar-refractivity contribution < 1.29 is 13.0 Å². The van der Waals surface area contributed by atoms with Crippen LogP contribution in [0.1, 0.15) is 10.8 Å². The lowest BCUT2D eigenvalue weighted by molar-refractivity contribution is 0.479. The summed E-state index contributed by atoms with van der Waals surface area (Å²) in [6.45, 7) is 0. The topological polar surface area (TPSA) is 54.4 Å². The van der Waals surface area contributed by atoms with Crippen LogP contribution < -0.4 is 0 Å². The van der Waals surface area contributed by atoms with Crippen LogP contribution in [0.25, 0.3) is 0 Å². The molecule has 3 nitrogen and oxygen atoms in total. The lowest BCUT2D eigenvalue weighted by Crippen LogP contribution is -2.12. The number of hydrogen-bond donors (Lipinski definition) is 1. The molecule has 0 bridgehead atoms. The van der Waals surface area contributed by atoms with E-state index in [1.165, 1.54) is 24.3 Å². The number of benzene rings is 1. The second kappa shape index (κ2) is 4.35. The van der Waals surface area contributed by atoms with E-state index in [4.69, 9.17) is 16.2 Å². The van der Waals surface area contributed by atoms with Crippen molar-refractivity contribution in [2.24, 2.45) is 0 Å². The Kier molecular flexibility index (Phi) is 3.60. The molecule has 1 unspecified atom stereocenters. The number of halogens is 1. The van der Waals surface area contributed by atoms with Gasteiger partial charge < -0.3 is 0 Å². The molecule has 14 heavy (non-hydrogen) atoms. The third-order valence-electron chi connectivity index (χ3n) is 1.58. The van der Waals surface area contributed by atoms with Crippen molar-refractivity contribution in [3.05, 3.63) is 34.9 Å². The normalized spacial score (nSPS) is 13.6. The van der Waals surface area contributed by atoms with Crippen molar-refractivity contribution >= 4 is 39.3 Å². The molecule has 0 amide bonds. The molecule has 1 N–H and O–H groups in total. The molecule has 0 saturated heterocycles. The van der Waals surface area contributed by atoms with Gasteiger partial charge in [-0.1, -0.05) is 36.0 Å². The Balaban J connectivity index is 3.15. The van der Waals surface area contributed by atoms with Gasteiger partial charge >= 0.3 is 0 Å². The van der Waals surface area contributed by atoms with Gasteiger partial charge in [0.05, 0.1) is 5.37 Å². The van der Waals surface area contributed by atoms with Gasteiger partial charge in [0.25, 0.3) is 10.1 Å². The van der Waals surface area contributed by atoms with Crippen molar-refractivity contribution in [2.75, 3.05) is 0 Å². The van der Waals surface area contributed by atoms with E-state index >= 15 is 0 Å². The Labute approximate surface area is 92.5 Å². The first kappa shape index (κ1) is 11.6. The highest BCUT2D eigenvalue weighted by Crippen LogP contribution is 2.21. The summed E-state index contributed by atoms with van der Waals surface area (Å²) >= 11 is 10.0. The van der Waals surface area contributed by atoms with E-state index in [2.05, 4.69) is 17.6 Å². The molecule has 1 rings (SSSR count). The molecule has 1 aromatic carbocycles. The third-order valence-corrected chi connectivity index (χ3v) is 3.20. The Morgan fingerprint density at radius 2 is 1.86 bits per heavy atom. The highest BCUT2D eigenvalue weighted by atomic mass is 35.5. The Morgan fingerprint density at radius 3 is 2.21 bits per heavy atom. The molecule has 0 saturated carbocycles. The van der Waals surface area contributed by atoms with Gasteiger partial charge in [0.1, 0.15) is 5.25 Å². The molecule has 0 aromatic heterocycles. The van der Waals surface area contributed by atoms with Crippen molar-refractivity contribution in [2.45, 2.75) is 5.25 Å². The summed E-state index contributed by atoms with van der Waals surface area (Å²) in [7, 11) is -4.24. The quantitative estimate of drug-likeness (QED) is 0.659. The predicted octanol–water partition coefficient (Wildman–Crippen LogP) is 2.15. The highest BCUT2D eigenvalue weighted by molar-refractivity contribution is 7.89. The first-order valence-corrected chi connectivity index (χ1v) is 5.83. The van der Waals surface area contributed by atoms with Gasteiger partial charge in [0.2, 0.25) is 0 Å². The van der Waals surface area contributed by atoms with Crippen molar-refractivity contribution in [1.82, 2.24) is 0 Å². The molecular formula is C8H6ClO3S2. The summed E-state index contributed by atoms with van der Waals surface area (Å²) in [5, 5.41) is 1.26. The van der Waals surface area contributed by atoms with Crippen LogP contribution in [0, 0.1) is 0 Å². The number of thiocarbonyl (C=S) groups is 1. The molecule has 0 aliphatic rings. The van der Waals surface area contributed by atoms with E-state index in [9.17, 15) is 8.42 Å². The Bertz CT molecular complexity index is 424. The van der Waals surface area contributed by atoms with Gasteiger partial charge in [-0.3, -0.25) is 4.55 Å². The minimum absolute atomic E-state index is 0.340. The summed E-state index contributed by atoms with van der Waals surface area (Å²) in [4.78, 5) is 0. The molecule has 1 radical (unpaired) electrons. The zero-order valence-electron chi connectivity index (χ0n) is 6.84. The maximum atomic E-state index is 10.8. The maximum Gasteiger partial charge on any atom is 0.277 e. The molecule has 0 aliphatic heterocycles. The smallest absolute Gasteiger partial charge is 0.277 e. The summed E-state index contributed by atoms with van der Waals surface area (Å²) in [5.74, 6) is 0. The van der Waals surface area contributed by atoms with E-state index in [1.807, 2.05) is 0 Å². The fraction of sp³-hybridized carbons (Fsp3) is 0.125. The van der Waals surface area contributed by atoms with Crippen molar-refractivity contribution in [3.8, 4) is 0 Å². The maximum absolute atomic E-state index is 10.8. The summed E-state index contributed by atoms with van der Waals surface area (Å²) in [5.41, 5.74) is 0.340. The Hall–Kier alpha value is -0.490. The first-order valence-electron chi connectivity index (χ1n) is 3.54. The average molecular weight is 250 g/mol. The van der Waals surface area contributed by atoms with Crippen LogP contribution in [-0.4, -0.2) is 18.3 Å². The number of hydrogen-bond acceptors (Lipinski definition) is 3. The van der Waals surface area contributed by atoms with Gasteiger partial charge in [0, 0.05) is 5.02 Å². The van der Waals surface area contributed by atoms with Crippen LogP contribution in [0.2, 0.25) is 5.02 Å². The summed E-state index contributed by atoms with van der Waals surface area (Å²) < 4.78 is 30.5. The van der Waals surface area contributed by atoms with E-state index < -0.39 is 15.4 Å².